The second-order valence-corrected chi connectivity index (χ2v) is 13.1. The van der Waals surface area contributed by atoms with Gasteiger partial charge in [0.05, 0.1) is 0 Å². The highest BCUT2D eigenvalue weighted by Gasteiger charge is 2.33. The van der Waals surface area contributed by atoms with Crippen LogP contribution in [0.3, 0.4) is 0 Å². The topological polar surface area (TPSA) is 0 Å². The van der Waals surface area contributed by atoms with Crippen LogP contribution in [0.4, 0.5) is 8.78 Å². The zero-order valence-corrected chi connectivity index (χ0v) is 25.1. The van der Waals surface area contributed by atoms with Crippen molar-refractivity contribution in [1.82, 2.24) is 0 Å². The van der Waals surface area contributed by atoms with Gasteiger partial charge in [-0.3, -0.25) is 0 Å². The fourth-order valence-electron chi connectivity index (χ4n) is 6.50. The van der Waals surface area contributed by atoms with Crippen LogP contribution in [0.15, 0.2) is 71.8 Å². The largest absolute Gasteiger partial charge is 0.270 e. The van der Waals surface area contributed by atoms with Gasteiger partial charge in [0.2, 0.25) is 0 Å². The third-order valence-electron chi connectivity index (χ3n) is 8.29. The number of rotatable bonds is 10. The zero-order chi connectivity index (χ0) is 28.5. The summed E-state index contributed by atoms with van der Waals surface area (Å²) in [5.41, 5.74) is 12.6. The van der Waals surface area contributed by atoms with Gasteiger partial charge in [-0.2, -0.15) is 0 Å². The van der Waals surface area contributed by atoms with Crippen molar-refractivity contribution >= 4 is 11.1 Å². The minimum Gasteiger partial charge on any atom is -0.202 e. The fraction of sp³-hybridized carbons (Fsp3) is 0.459. The first-order chi connectivity index (χ1) is 18.3. The van der Waals surface area contributed by atoms with Crippen LogP contribution >= 0.6 is 0 Å². The molecule has 39 heavy (non-hydrogen) atoms. The summed E-state index contributed by atoms with van der Waals surface area (Å²) >= 11 is 0. The average Bonchev–Trinajstić information content (AvgIpc) is 3.37. The molecule has 0 aliphatic heterocycles. The van der Waals surface area contributed by atoms with Crippen molar-refractivity contribution in [3.05, 3.63) is 105 Å². The van der Waals surface area contributed by atoms with Crippen molar-refractivity contribution in [2.75, 3.05) is 0 Å². The van der Waals surface area contributed by atoms with E-state index in [0.29, 0.717) is 11.0 Å². The molecule has 1 unspecified atom stereocenters. The van der Waals surface area contributed by atoms with Crippen molar-refractivity contribution in [3.8, 4) is 0 Å². The fourth-order valence-corrected chi connectivity index (χ4v) is 6.50. The molecule has 2 aliphatic carbocycles. The molecule has 4 rings (SSSR count). The summed E-state index contributed by atoms with van der Waals surface area (Å²) in [7, 11) is 0. The zero-order valence-electron chi connectivity index (χ0n) is 25.1. The van der Waals surface area contributed by atoms with E-state index in [2.05, 4.69) is 71.5 Å². The van der Waals surface area contributed by atoms with E-state index in [1.807, 2.05) is 12.1 Å². The molecule has 1 atom stereocenters. The van der Waals surface area contributed by atoms with Crippen molar-refractivity contribution in [1.29, 1.82) is 0 Å². The van der Waals surface area contributed by atoms with Crippen molar-refractivity contribution < 1.29 is 8.78 Å². The van der Waals surface area contributed by atoms with Crippen LogP contribution in [-0.4, -0.2) is 0 Å². The third kappa shape index (κ3) is 6.89. The predicted molar refractivity (Wildman–Crippen MR) is 164 cm³/mol. The molecule has 0 N–H and O–H groups in total. The van der Waals surface area contributed by atoms with Crippen LogP contribution in [0, 0.1) is 18.3 Å². The van der Waals surface area contributed by atoms with Gasteiger partial charge >= 0.3 is 0 Å². The van der Waals surface area contributed by atoms with Crippen LogP contribution in [0.5, 0.6) is 0 Å². The SMILES string of the molecule is C=C(CCCCc1ccc(C2=CC3C(=CC(C)=C3c3ccc(C)c(C(C)(F)F)c3)C2)cc1CC)CC(C)(C)C. The van der Waals surface area contributed by atoms with Gasteiger partial charge in [-0.05, 0) is 115 Å². The Labute approximate surface area is 235 Å². The van der Waals surface area contributed by atoms with Crippen LogP contribution in [-0.2, 0) is 18.8 Å². The Morgan fingerprint density at radius 2 is 1.67 bits per heavy atom. The average molecular weight is 529 g/mol. The Kier molecular flexibility index (Phi) is 8.55. The van der Waals surface area contributed by atoms with E-state index < -0.39 is 5.92 Å². The molecular formula is C37H46F2. The Bertz CT molecular complexity index is 1330. The molecule has 0 nitrogen and oxygen atoms in total. The van der Waals surface area contributed by atoms with E-state index in [9.17, 15) is 8.78 Å². The van der Waals surface area contributed by atoms with Crippen molar-refractivity contribution in [2.45, 2.75) is 99.3 Å². The van der Waals surface area contributed by atoms with Crippen LogP contribution in [0.25, 0.3) is 11.1 Å². The van der Waals surface area contributed by atoms with E-state index in [1.54, 1.807) is 13.0 Å². The van der Waals surface area contributed by atoms with Crippen molar-refractivity contribution in [3.63, 3.8) is 0 Å². The summed E-state index contributed by atoms with van der Waals surface area (Å²) in [5, 5.41) is 0. The summed E-state index contributed by atoms with van der Waals surface area (Å²) in [6.07, 6.45) is 12.3. The van der Waals surface area contributed by atoms with E-state index in [1.165, 1.54) is 57.4 Å². The van der Waals surface area contributed by atoms with Crippen LogP contribution in [0.2, 0.25) is 0 Å². The van der Waals surface area contributed by atoms with Gasteiger partial charge in [0, 0.05) is 18.4 Å². The molecule has 0 saturated heterocycles. The first kappa shape index (κ1) is 29.2. The number of alkyl halides is 2. The number of unbranched alkanes of at least 4 members (excludes halogenated alkanes) is 1. The second kappa shape index (κ2) is 11.4. The van der Waals surface area contributed by atoms with Crippen molar-refractivity contribution in [2.24, 2.45) is 11.3 Å². The van der Waals surface area contributed by atoms with Gasteiger partial charge in [-0.1, -0.05) is 87.9 Å². The molecule has 0 saturated carbocycles. The van der Waals surface area contributed by atoms with E-state index >= 15 is 0 Å². The first-order valence-corrected chi connectivity index (χ1v) is 14.7. The summed E-state index contributed by atoms with van der Waals surface area (Å²) < 4.78 is 28.6. The molecule has 0 fully saturated rings. The minimum atomic E-state index is -2.85. The molecule has 2 aliphatic rings. The maximum absolute atomic E-state index is 14.3. The molecule has 208 valence electrons. The monoisotopic (exact) mass is 528 g/mol. The first-order valence-electron chi connectivity index (χ1n) is 14.7. The molecule has 0 radical (unpaired) electrons. The smallest absolute Gasteiger partial charge is 0.202 e. The minimum absolute atomic E-state index is 0.123. The molecule has 0 heterocycles. The standard InChI is InChI=1S/C37H46F2/c1-9-27-19-29(17-16-28(27)13-11-10-12-24(2)23-36(5,6)7)31-20-32-18-26(4)35(33(32)21-31)30-15-14-25(3)34(22-30)37(8,38)39/h14-19,21-22,33H,2,9-13,20,23H2,1,3-8H3. The van der Waals surface area contributed by atoms with Crippen LogP contribution < -0.4 is 0 Å². The summed E-state index contributed by atoms with van der Waals surface area (Å²) in [6.45, 7) is 18.3. The highest BCUT2D eigenvalue weighted by atomic mass is 19.3. The molecule has 2 aromatic carbocycles. The van der Waals surface area contributed by atoms with Gasteiger partial charge in [-0.15, -0.1) is 0 Å². The van der Waals surface area contributed by atoms with Crippen LogP contribution in [0.1, 0.15) is 107 Å². The number of aryl methyl sites for hydroxylation is 3. The number of fused-ring (bicyclic) bond motifs is 1. The lowest BCUT2D eigenvalue weighted by molar-refractivity contribution is 0.0168. The lowest BCUT2D eigenvalue weighted by Gasteiger charge is -2.19. The quantitative estimate of drug-likeness (QED) is 0.212. The molecule has 2 heteroatoms. The Balaban J connectivity index is 1.48. The van der Waals surface area contributed by atoms with Gasteiger partial charge in [0.15, 0.2) is 0 Å². The lowest BCUT2D eigenvalue weighted by Crippen LogP contribution is -2.10. The van der Waals surface area contributed by atoms with Gasteiger partial charge in [-0.25, -0.2) is 8.78 Å². The van der Waals surface area contributed by atoms with E-state index in [-0.39, 0.29) is 11.5 Å². The predicted octanol–water partition coefficient (Wildman–Crippen LogP) is 11.2. The lowest BCUT2D eigenvalue weighted by atomic mass is 9.86. The second-order valence-electron chi connectivity index (χ2n) is 13.1. The molecule has 0 amide bonds. The maximum atomic E-state index is 14.3. The van der Waals surface area contributed by atoms with Gasteiger partial charge < -0.3 is 0 Å². The Hall–Kier alpha value is -2.74. The summed E-state index contributed by atoms with van der Waals surface area (Å²) in [4.78, 5) is 0. The molecule has 0 bridgehead atoms. The molecular weight excluding hydrogens is 482 g/mol. The molecule has 0 spiro atoms. The summed E-state index contributed by atoms with van der Waals surface area (Å²) in [5.74, 6) is -2.68. The summed E-state index contributed by atoms with van der Waals surface area (Å²) in [6, 6.07) is 12.6. The number of benzene rings is 2. The third-order valence-corrected chi connectivity index (χ3v) is 8.29. The Morgan fingerprint density at radius 1 is 0.949 bits per heavy atom. The normalized spacial score (nSPS) is 17.4. The number of allylic oxidation sites excluding steroid dienone is 7. The molecule has 2 aromatic rings. The highest BCUT2D eigenvalue weighted by molar-refractivity contribution is 5.87. The van der Waals surface area contributed by atoms with E-state index in [0.717, 1.165) is 44.6 Å². The number of hydrogen-bond acceptors (Lipinski definition) is 0. The maximum Gasteiger partial charge on any atom is 0.270 e. The molecule has 0 aromatic heterocycles. The van der Waals surface area contributed by atoms with Gasteiger partial charge in [0.1, 0.15) is 0 Å². The highest BCUT2D eigenvalue weighted by Crippen LogP contribution is 2.49. The van der Waals surface area contributed by atoms with Gasteiger partial charge in [0.25, 0.3) is 5.92 Å². The number of halogens is 2. The number of hydrogen-bond donors (Lipinski definition) is 0. The van der Waals surface area contributed by atoms with E-state index in [4.69, 9.17) is 0 Å². The Morgan fingerprint density at radius 3 is 2.33 bits per heavy atom.